The first-order valence-electron chi connectivity index (χ1n) is 7.58. The van der Waals surface area contributed by atoms with Gasteiger partial charge in [0.2, 0.25) is 0 Å². The summed E-state index contributed by atoms with van der Waals surface area (Å²) in [6.07, 6.45) is 5.08. The van der Waals surface area contributed by atoms with Crippen LogP contribution in [0.2, 0.25) is 0 Å². The second-order valence-corrected chi connectivity index (χ2v) is 6.12. The summed E-state index contributed by atoms with van der Waals surface area (Å²) in [5.74, 6) is 0.936. The van der Waals surface area contributed by atoms with E-state index in [1.54, 1.807) is 0 Å². The Morgan fingerprint density at radius 1 is 1.43 bits per heavy atom. The van der Waals surface area contributed by atoms with Crippen molar-refractivity contribution in [2.24, 2.45) is 0 Å². The standard InChI is InChI=1S/C17H23N3O/c1-14-4-3-5-15(10-14)21-9-8-20-13-19-11-16(20)17(2)6-7-18-12-17/h3-5,10-11,13,18H,6-9,12H2,1-2H3. The molecule has 1 aliphatic heterocycles. The second kappa shape index (κ2) is 5.90. The fourth-order valence-electron chi connectivity index (χ4n) is 3.00. The van der Waals surface area contributed by atoms with Gasteiger partial charge in [0.25, 0.3) is 0 Å². The molecule has 112 valence electrons. The van der Waals surface area contributed by atoms with E-state index in [0.717, 1.165) is 31.8 Å². The molecular weight excluding hydrogens is 262 g/mol. The SMILES string of the molecule is Cc1cccc(OCCn2cncc2C2(C)CCNC2)c1. The summed E-state index contributed by atoms with van der Waals surface area (Å²) in [5, 5.41) is 3.44. The third-order valence-corrected chi connectivity index (χ3v) is 4.29. The Hall–Kier alpha value is -1.81. The first-order valence-corrected chi connectivity index (χ1v) is 7.58. The van der Waals surface area contributed by atoms with E-state index < -0.39 is 0 Å². The second-order valence-electron chi connectivity index (χ2n) is 6.12. The summed E-state index contributed by atoms with van der Waals surface area (Å²) in [7, 11) is 0. The Bertz CT molecular complexity index is 600. The number of rotatable bonds is 5. The molecule has 4 nitrogen and oxygen atoms in total. The molecule has 2 heterocycles. The lowest BCUT2D eigenvalue weighted by molar-refractivity contribution is 0.292. The van der Waals surface area contributed by atoms with Gasteiger partial charge in [0.1, 0.15) is 12.4 Å². The zero-order chi connectivity index (χ0) is 14.7. The van der Waals surface area contributed by atoms with E-state index >= 15 is 0 Å². The number of aryl methyl sites for hydroxylation is 1. The van der Waals surface area contributed by atoms with Crippen LogP contribution in [0, 0.1) is 6.92 Å². The van der Waals surface area contributed by atoms with Gasteiger partial charge >= 0.3 is 0 Å². The fourth-order valence-corrected chi connectivity index (χ4v) is 3.00. The maximum Gasteiger partial charge on any atom is 0.119 e. The molecule has 1 aliphatic rings. The van der Waals surface area contributed by atoms with Crippen LogP contribution in [-0.4, -0.2) is 29.2 Å². The van der Waals surface area contributed by atoms with Gasteiger partial charge in [0.05, 0.1) is 12.9 Å². The van der Waals surface area contributed by atoms with Crippen LogP contribution in [0.3, 0.4) is 0 Å². The van der Waals surface area contributed by atoms with Gasteiger partial charge in [-0.05, 0) is 37.6 Å². The molecule has 0 aliphatic carbocycles. The van der Waals surface area contributed by atoms with E-state index in [1.165, 1.54) is 11.3 Å². The molecule has 1 aromatic heterocycles. The summed E-state index contributed by atoms with van der Waals surface area (Å²) in [6.45, 7) is 7.99. The molecule has 1 saturated heterocycles. The van der Waals surface area contributed by atoms with E-state index in [1.807, 2.05) is 24.7 Å². The van der Waals surface area contributed by atoms with Gasteiger partial charge in [-0.15, -0.1) is 0 Å². The van der Waals surface area contributed by atoms with E-state index in [9.17, 15) is 0 Å². The van der Waals surface area contributed by atoms with Crippen LogP contribution in [0.5, 0.6) is 5.75 Å². The van der Waals surface area contributed by atoms with Crippen molar-refractivity contribution < 1.29 is 4.74 Å². The van der Waals surface area contributed by atoms with E-state index in [2.05, 4.69) is 40.8 Å². The summed E-state index contributed by atoms with van der Waals surface area (Å²) < 4.78 is 8.07. The van der Waals surface area contributed by atoms with Crippen molar-refractivity contribution in [2.45, 2.75) is 32.2 Å². The minimum absolute atomic E-state index is 0.194. The smallest absolute Gasteiger partial charge is 0.119 e. The third-order valence-electron chi connectivity index (χ3n) is 4.29. The van der Waals surface area contributed by atoms with Gasteiger partial charge < -0.3 is 14.6 Å². The number of nitrogens with one attached hydrogen (secondary N) is 1. The highest BCUT2D eigenvalue weighted by Crippen LogP contribution is 2.29. The molecule has 21 heavy (non-hydrogen) atoms. The number of ether oxygens (including phenoxy) is 1. The Morgan fingerprint density at radius 2 is 2.33 bits per heavy atom. The van der Waals surface area contributed by atoms with Crippen LogP contribution in [0.4, 0.5) is 0 Å². The maximum atomic E-state index is 5.85. The van der Waals surface area contributed by atoms with E-state index in [4.69, 9.17) is 4.74 Å². The van der Waals surface area contributed by atoms with Crippen molar-refractivity contribution >= 4 is 0 Å². The molecule has 0 spiro atoms. The minimum Gasteiger partial charge on any atom is -0.492 e. The van der Waals surface area contributed by atoms with Crippen molar-refractivity contribution in [2.75, 3.05) is 19.7 Å². The molecule has 2 aromatic rings. The topological polar surface area (TPSA) is 39.1 Å². The van der Waals surface area contributed by atoms with Gasteiger partial charge in [-0.3, -0.25) is 0 Å². The zero-order valence-electron chi connectivity index (χ0n) is 12.8. The lowest BCUT2D eigenvalue weighted by Gasteiger charge is -2.24. The van der Waals surface area contributed by atoms with Crippen LogP contribution in [0.15, 0.2) is 36.8 Å². The van der Waals surface area contributed by atoms with Crippen molar-refractivity contribution in [1.29, 1.82) is 0 Å². The molecule has 1 fully saturated rings. The number of hydrogen-bond donors (Lipinski definition) is 1. The fraction of sp³-hybridized carbons (Fsp3) is 0.471. The van der Waals surface area contributed by atoms with Crippen molar-refractivity contribution in [1.82, 2.24) is 14.9 Å². The molecule has 0 bridgehead atoms. The quantitative estimate of drug-likeness (QED) is 0.917. The number of hydrogen-bond acceptors (Lipinski definition) is 3. The molecule has 1 aromatic carbocycles. The Balaban J connectivity index is 1.62. The van der Waals surface area contributed by atoms with E-state index in [0.29, 0.717) is 6.61 Å². The van der Waals surface area contributed by atoms with Crippen LogP contribution in [0.25, 0.3) is 0 Å². The Morgan fingerprint density at radius 3 is 3.10 bits per heavy atom. The highest BCUT2D eigenvalue weighted by molar-refractivity contribution is 5.27. The predicted octanol–water partition coefficient (Wildman–Crippen LogP) is 2.52. The largest absolute Gasteiger partial charge is 0.492 e. The zero-order valence-corrected chi connectivity index (χ0v) is 12.8. The van der Waals surface area contributed by atoms with Crippen LogP contribution >= 0.6 is 0 Å². The van der Waals surface area contributed by atoms with Crippen LogP contribution in [0.1, 0.15) is 24.6 Å². The average Bonchev–Trinajstić information content (AvgIpc) is 3.09. The molecule has 0 saturated carbocycles. The summed E-state index contributed by atoms with van der Waals surface area (Å²) in [4.78, 5) is 4.33. The normalized spacial score (nSPS) is 21.6. The molecule has 1 unspecified atom stereocenters. The monoisotopic (exact) mass is 285 g/mol. The molecule has 0 radical (unpaired) electrons. The molecule has 4 heteroatoms. The van der Waals surface area contributed by atoms with E-state index in [-0.39, 0.29) is 5.41 Å². The molecule has 1 atom stereocenters. The van der Waals surface area contributed by atoms with Gasteiger partial charge in [0.15, 0.2) is 0 Å². The summed E-state index contributed by atoms with van der Waals surface area (Å²) in [6, 6.07) is 8.17. The average molecular weight is 285 g/mol. The number of imidazole rings is 1. The predicted molar refractivity (Wildman–Crippen MR) is 83.7 cm³/mol. The first-order chi connectivity index (χ1) is 10.2. The van der Waals surface area contributed by atoms with Gasteiger partial charge in [-0.25, -0.2) is 4.98 Å². The van der Waals surface area contributed by atoms with Crippen LogP contribution in [-0.2, 0) is 12.0 Å². The number of nitrogens with zero attached hydrogens (tertiary/aromatic N) is 2. The summed E-state index contributed by atoms with van der Waals surface area (Å²) >= 11 is 0. The lowest BCUT2D eigenvalue weighted by atomic mass is 9.86. The minimum atomic E-state index is 0.194. The Kier molecular flexibility index (Phi) is 3.97. The van der Waals surface area contributed by atoms with Crippen molar-refractivity contribution in [3.05, 3.63) is 48.0 Å². The highest BCUT2D eigenvalue weighted by Gasteiger charge is 2.33. The number of benzene rings is 1. The van der Waals surface area contributed by atoms with Gasteiger partial charge in [0, 0.05) is 23.9 Å². The molecule has 0 amide bonds. The Labute approximate surface area is 126 Å². The van der Waals surface area contributed by atoms with Gasteiger partial charge in [-0.2, -0.15) is 0 Å². The highest BCUT2D eigenvalue weighted by atomic mass is 16.5. The van der Waals surface area contributed by atoms with Gasteiger partial charge in [-0.1, -0.05) is 19.1 Å². The maximum absolute atomic E-state index is 5.85. The van der Waals surface area contributed by atoms with Crippen LogP contribution < -0.4 is 10.1 Å². The third kappa shape index (κ3) is 3.10. The van der Waals surface area contributed by atoms with Crippen molar-refractivity contribution in [3.8, 4) is 5.75 Å². The summed E-state index contributed by atoms with van der Waals surface area (Å²) in [5.41, 5.74) is 2.72. The molecular formula is C17H23N3O. The van der Waals surface area contributed by atoms with Crippen molar-refractivity contribution in [3.63, 3.8) is 0 Å². The first kappa shape index (κ1) is 14.1. The lowest BCUT2D eigenvalue weighted by Crippen LogP contribution is -2.28. The molecule has 3 rings (SSSR count). The number of aromatic nitrogens is 2. The molecule has 1 N–H and O–H groups in total.